The quantitative estimate of drug-likeness (QED) is 0.792. The van der Waals surface area contributed by atoms with Gasteiger partial charge in [0.15, 0.2) is 5.75 Å². The van der Waals surface area contributed by atoms with Crippen LogP contribution in [0.4, 0.5) is 11.4 Å². The third-order valence-corrected chi connectivity index (χ3v) is 7.03. The summed E-state index contributed by atoms with van der Waals surface area (Å²) in [4.78, 5) is 2.42. The first-order valence-electron chi connectivity index (χ1n) is 9.82. The molecule has 7 nitrogen and oxygen atoms in total. The Morgan fingerprint density at radius 3 is 2.41 bits per heavy atom. The second-order valence-corrected chi connectivity index (χ2v) is 9.91. The van der Waals surface area contributed by atoms with Crippen LogP contribution in [0, 0.1) is 0 Å². The van der Waals surface area contributed by atoms with E-state index in [1.54, 1.807) is 36.4 Å². The lowest BCUT2D eigenvalue weighted by Crippen LogP contribution is -2.50. The number of aliphatic hydroxyl groups is 1. The van der Waals surface area contributed by atoms with Gasteiger partial charge in [0.1, 0.15) is 5.60 Å². The summed E-state index contributed by atoms with van der Waals surface area (Å²) in [6, 6.07) is 12.1. The standard InChI is InChI=1S/C21H27N3O4S/c1-21(2)15-24(29(26,27)17-6-4-3-5-7-17)19-13-16(14-25)12-18(20(19)28-21)23-10-8-22-9-11-23/h3-7,12-13,22,25H,8-11,14-15H2,1-2H3. The lowest BCUT2D eigenvalue weighted by molar-refractivity contribution is 0.111. The highest BCUT2D eigenvalue weighted by Crippen LogP contribution is 2.47. The van der Waals surface area contributed by atoms with Crippen molar-refractivity contribution in [2.75, 3.05) is 41.9 Å². The molecular formula is C21H27N3O4S. The molecule has 0 atom stereocenters. The third-order valence-electron chi connectivity index (χ3n) is 5.25. The van der Waals surface area contributed by atoms with Gasteiger partial charge in [0.2, 0.25) is 0 Å². The normalized spacial score (nSPS) is 18.9. The van der Waals surface area contributed by atoms with E-state index < -0.39 is 15.6 Å². The van der Waals surface area contributed by atoms with E-state index in [1.165, 1.54) is 4.31 Å². The fraction of sp³-hybridized carbons (Fsp3) is 0.429. The maximum absolute atomic E-state index is 13.5. The molecule has 156 valence electrons. The number of piperazine rings is 1. The molecule has 2 N–H and O–H groups in total. The molecule has 1 saturated heterocycles. The van der Waals surface area contributed by atoms with E-state index in [0.717, 1.165) is 31.9 Å². The summed E-state index contributed by atoms with van der Waals surface area (Å²) in [7, 11) is -3.78. The molecule has 29 heavy (non-hydrogen) atoms. The van der Waals surface area contributed by atoms with Crippen LogP contribution in [0.2, 0.25) is 0 Å². The molecule has 0 aliphatic carbocycles. The van der Waals surface area contributed by atoms with Gasteiger partial charge in [0.25, 0.3) is 10.0 Å². The summed E-state index contributed by atoms with van der Waals surface area (Å²) < 4.78 is 34.8. The molecular weight excluding hydrogens is 390 g/mol. The van der Waals surface area contributed by atoms with Crippen LogP contribution in [0.5, 0.6) is 5.75 Å². The summed E-state index contributed by atoms with van der Waals surface area (Å²) in [5.74, 6) is 0.555. The molecule has 4 rings (SSSR count). The first-order chi connectivity index (χ1) is 13.8. The summed E-state index contributed by atoms with van der Waals surface area (Å²) in [6.45, 7) is 7.06. The van der Waals surface area contributed by atoms with Crippen molar-refractivity contribution in [1.82, 2.24) is 5.32 Å². The molecule has 0 bridgehead atoms. The molecule has 2 heterocycles. The third kappa shape index (κ3) is 3.80. The molecule has 8 heteroatoms. The van der Waals surface area contributed by atoms with Gasteiger partial charge in [-0.05, 0) is 43.7 Å². The minimum Gasteiger partial charge on any atom is -0.482 e. The zero-order valence-electron chi connectivity index (χ0n) is 16.8. The highest BCUT2D eigenvalue weighted by Gasteiger charge is 2.40. The van der Waals surface area contributed by atoms with E-state index >= 15 is 0 Å². The Morgan fingerprint density at radius 1 is 1.10 bits per heavy atom. The Hall–Kier alpha value is -2.29. The zero-order chi connectivity index (χ0) is 20.6. The van der Waals surface area contributed by atoms with Crippen LogP contribution in [0.15, 0.2) is 47.4 Å². The van der Waals surface area contributed by atoms with E-state index in [-0.39, 0.29) is 18.0 Å². The van der Waals surface area contributed by atoms with Crippen molar-refractivity contribution in [1.29, 1.82) is 0 Å². The Morgan fingerprint density at radius 2 is 1.76 bits per heavy atom. The van der Waals surface area contributed by atoms with Crippen LogP contribution in [-0.4, -0.2) is 51.8 Å². The van der Waals surface area contributed by atoms with Crippen molar-refractivity contribution in [3.63, 3.8) is 0 Å². The Labute approximate surface area is 171 Å². The van der Waals surface area contributed by atoms with E-state index in [2.05, 4.69) is 10.2 Å². The van der Waals surface area contributed by atoms with Crippen molar-refractivity contribution in [2.24, 2.45) is 0 Å². The van der Waals surface area contributed by atoms with Crippen LogP contribution in [0.1, 0.15) is 19.4 Å². The van der Waals surface area contributed by atoms with Crippen molar-refractivity contribution >= 4 is 21.4 Å². The number of nitrogens with one attached hydrogen (secondary N) is 1. The Bertz CT molecular complexity index is 986. The van der Waals surface area contributed by atoms with Crippen LogP contribution in [0.25, 0.3) is 0 Å². The largest absolute Gasteiger partial charge is 0.482 e. The molecule has 0 spiro atoms. The summed E-state index contributed by atoms with van der Waals surface area (Å²) in [5.41, 5.74) is 1.27. The van der Waals surface area contributed by atoms with E-state index in [9.17, 15) is 13.5 Å². The van der Waals surface area contributed by atoms with Gasteiger partial charge < -0.3 is 20.1 Å². The maximum atomic E-state index is 13.5. The smallest absolute Gasteiger partial charge is 0.264 e. The molecule has 2 aliphatic heterocycles. The molecule has 2 aromatic carbocycles. The number of sulfonamides is 1. The Balaban J connectivity index is 1.89. The highest BCUT2D eigenvalue weighted by atomic mass is 32.2. The van der Waals surface area contributed by atoms with Crippen LogP contribution in [0.3, 0.4) is 0 Å². The molecule has 2 aliphatic rings. The first-order valence-corrected chi connectivity index (χ1v) is 11.3. The molecule has 0 unspecified atom stereocenters. The average Bonchev–Trinajstić information content (AvgIpc) is 2.73. The average molecular weight is 418 g/mol. The number of aliphatic hydroxyl groups excluding tert-OH is 1. The fourth-order valence-electron chi connectivity index (χ4n) is 3.85. The predicted molar refractivity (Wildman–Crippen MR) is 113 cm³/mol. The molecule has 0 aromatic heterocycles. The number of nitrogens with zero attached hydrogens (tertiary/aromatic N) is 2. The lowest BCUT2D eigenvalue weighted by Gasteiger charge is -2.42. The second-order valence-electron chi connectivity index (χ2n) is 8.04. The van der Waals surface area contributed by atoms with Gasteiger partial charge in [-0.3, -0.25) is 4.31 Å². The fourth-order valence-corrected chi connectivity index (χ4v) is 5.48. The molecule has 0 amide bonds. The number of anilines is 2. The van der Waals surface area contributed by atoms with Gasteiger partial charge in [-0.25, -0.2) is 8.42 Å². The number of benzene rings is 2. The molecule has 0 radical (unpaired) electrons. The monoisotopic (exact) mass is 417 g/mol. The number of hydrogen-bond acceptors (Lipinski definition) is 6. The minimum atomic E-state index is -3.78. The first kappa shape index (κ1) is 20.0. The van der Waals surface area contributed by atoms with E-state index in [1.807, 2.05) is 19.9 Å². The van der Waals surface area contributed by atoms with Crippen LogP contribution >= 0.6 is 0 Å². The summed E-state index contributed by atoms with van der Waals surface area (Å²) >= 11 is 0. The minimum absolute atomic E-state index is 0.172. The van der Waals surface area contributed by atoms with Gasteiger partial charge in [-0.1, -0.05) is 18.2 Å². The molecule has 2 aromatic rings. The van der Waals surface area contributed by atoms with Gasteiger partial charge in [-0.15, -0.1) is 0 Å². The topological polar surface area (TPSA) is 82.1 Å². The summed E-state index contributed by atoms with van der Waals surface area (Å²) in [5, 5.41) is 13.2. The van der Waals surface area contributed by atoms with Crippen LogP contribution < -0.4 is 19.3 Å². The van der Waals surface area contributed by atoms with Gasteiger partial charge in [-0.2, -0.15) is 0 Å². The number of fused-ring (bicyclic) bond motifs is 1. The molecule has 0 saturated carbocycles. The van der Waals surface area contributed by atoms with Crippen molar-refractivity contribution in [3.05, 3.63) is 48.0 Å². The SMILES string of the molecule is CC1(C)CN(S(=O)(=O)c2ccccc2)c2cc(CO)cc(N3CCNCC3)c2O1. The highest BCUT2D eigenvalue weighted by molar-refractivity contribution is 7.92. The van der Waals surface area contributed by atoms with Crippen molar-refractivity contribution in [2.45, 2.75) is 31.0 Å². The van der Waals surface area contributed by atoms with Gasteiger partial charge in [0, 0.05) is 26.2 Å². The lowest BCUT2D eigenvalue weighted by atomic mass is 10.0. The second kappa shape index (κ2) is 7.51. The zero-order valence-corrected chi connectivity index (χ0v) is 17.6. The van der Waals surface area contributed by atoms with Crippen molar-refractivity contribution in [3.8, 4) is 5.75 Å². The molecule has 1 fully saturated rings. The number of rotatable bonds is 4. The van der Waals surface area contributed by atoms with E-state index in [0.29, 0.717) is 17.0 Å². The number of ether oxygens (including phenoxy) is 1. The predicted octanol–water partition coefficient (Wildman–Crippen LogP) is 1.95. The summed E-state index contributed by atoms with van der Waals surface area (Å²) in [6.07, 6.45) is 0. The van der Waals surface area contributed by atoms with Crippen LogP contribution in [-0.2, 0) is 16.6 Å². The van der Waals surface area contributed by atoms with E-state index in [4.69, 9.17) is 4.74 Å². The number of hydrogen-bond donors (Lipinski definition) is 2. The maximum Gasteiger partial charge on any atom is 0.264 e. The Kier molecular flexibility index (Phi) is 5.18. The van der Waals surface area contributed by atoms with Crippen molar-refractivity contribution < 1.29 is 18.3 Å². The van der Waals surface area contributed by atoms with Gasteiger partial charge in [0.05, 0.1) is 29.4 Å². The van der Waals surface area contributed by atoms with Gasteiger partial charge >= 0.3 is 0 Å².